The number of rotatable bonds is 3. The van der Waals surface area contributed by atoms with Crippen LogP contribution in [0.5, 0.6) is 0 Å². The fourth-order valence-electron chi connectivity index (χ4n) is 2.68. The number of fused-ring (bicyclic) bond motifs is 1. The lowest BCUT2D eigenvalue weighted by molar-refractivity contribution is 0.359. The Hall–Kier alpha value is -1.95. The summed E-state index contributed by atoms with van der Waals surface area (Å²) < 4.78 is 15.9. The highest BCUT2D eigenvalue weighted by atomic mass is 19.1. The predicted octanol–water partition coefficient (Wildman–Crippen LogP) is 1.57. The van der Waals surface area contributed by atoms with Gasteiger partial charge < -0.3 is 11.1 Å². The number of halogens is 1. The summed E-state index contributed by atoms with van der Waals surface area (Å²) in [5.74, 6) is 1.42. The van der Waals surface area contributed by atoms with Crippen molar-refractivity contribution in [3.63, 3.8) is 0 Å². The molecular formula is C14H18FN5. The molecule has 0 saturated heterocycles. The van der Waals surface area contributed by atoms with Gasteiger partial charge in [-0.25, -0.2) is 9.07 Å². The van der Waals surface area contributed by atoms with Gasteiger partial charge in [0, 0.05) is 24.4 Å². The first-order valence-electron chi connectivity index (χ1n) is 6.84. The van der Waals surface area contributed by atoms with Crippen LogP contribution in [0.4, 0.5) is 10.3 Å². The van der Waals surface area contributed by atoms with E-state index in [1.165, 1.54) is 6.07 Å². The van der Waals surface area contributed by atoms with Crippen LogP contribution in [-0.4, -0.2) is 27.9 Å². The van der Waals surface area contributed by atoms with Crippen LogP contribution in [0.25, 0.3) is 0 Å². The van der Waals surface area contributed by atoms with Gasteiger partial charge in [-0.2, -0.15) is 10.1 Å². The van der Waals surface area contributed by atoms with Gasteiger partial charge in [0.05, 0.1) is 6.04 Å². The summed E-state index contributed by atoms with van der Waals surface area (Å²) in [6, 6.07) is 6.72. The Bertz CT molecular complexity index is 609. The zero-order valence-corrected chi connectivity index (χ0v) is 11.4. The van der Waals surface area contributed by atoms with E-state index in [1.807, 2.05) is 12.1 Å². The maximum absolute atomic E-state index is 14.1. The minimum absolute atomic E-state index is 0.133. The first-order valence-corrected chi connectivity index (χ1v) is 6.84. The molecule has 0 bridgehead atoms. The van der Waals surface area contributed by atoms with Crippen LogP contribution in [0, 0.1) is 11.7 Å². The molecule has 0 spiro atoms. The van der Waals surface area contributed by atoms with Crippen molar-refractivity contribution in [1.82, 2.24) is 14.8 Å². The van der Waals surface area contributed by atoms with E-state index in [-0.39, 0.29) is 17.8 Å². The second kappa shape index (κ2) is 5.20. The number of hydrogen-bond acceptors (Lipinski definition) is 4. The highest BCUT2D eigenvalue weighted by Crippen LogP contribution is 2.33. The Balaban J connectivity index is 2.05. The van der Waals surface area contributed by atoms with Crippen molar-refractivity contribution in [2.75, 3.05) is 18.4 Å². The van der Waals surface area contributed by atoms with Crippen LogP contribution in [0.1, 0.15) is 24.4 Å². The number of benzene rings is 1. The van der Waals surface area contributed by atoms with Crippen LogP contribution in [0.15, 0.2) is 24.3 Å². The van der Waals surface area contributed by atoms with Gasteiger partial charge in [-0.3, -0.25) is 0 Å². The standard InChI is InChI=1S/C14H18FN5/c1-9-8-17-14-18-12(6-7-16)19-20(14)13(9)10-4-2-3-5-11(10)15/h2-5,9,13H,6-8,16H2,1H3,(H,17,18,19). The molecule has 6 heteroatoms. The fourth-order valence-corrected chi connectivity index (χ4v) is 2.68. The van der Waals surface area contributed by atoms with Crippen molar-refractivity contribution in [2.45, 2.75) is 19.4 Å². The summed E-state index contributed by atoms with van der Waals surface area (Å²) in [5, 5.41) is 7.72. The minimum Gasteiger partial charge on any atom is -0.354 e. The molecule has 0 saturated carbocycles. The van der Waals surface area contributed by atoms with E-state index in [0.717, 1.165) is 6.54 Å². The van der Waals surface area contributed by atoms with E-state index in [0.29, 0.717) is 30.3 Å². The number of anilines is 1. The molecule has 106 valence electrons. The van der Waals surface area contributed by atoms with Gasteiger partial charge in [0.25, 0.3) is 0 Å². The van der Waals surface area contributed by atoms with E-state index >= 15 is 0 Å². The molecule has 3 rings (SSSR count). The molecule has 2 aromatic rings. The van der Waals surface area contributed by atoms with Crippen LogP contribution in [0.3, 0.4) is 0 Å². The van der Waals surface area contributed by atoms with Crippen molar-refractivity contribution in [3.05, 3.63) is 41.5 Å². The summed E-state index contributed by atoms with van der Waals surface area (Å²) >= 11 is 0. The number of nitrogens with one attached hydrogen (secondary N) is 1. The second-order valence-electron chi connectivity index (χ2n) is 5.16. The summed E-state index contributed by atoms with van der Waals surface area (Å²) in [6.07, 6.45) is 0.625. The highest BCUT2D eigenvalue weighted by molar-refractivity contribution is 5.34. The minimum atomic E-state index is -0.201. The summed E-state index contributed by atoms with van der Waals surface area (Å²) in [6.45, 7) is 3.33. The molecule has 20 heavy (non-hydrogen) atoms. The molecule has 1 aliphatic rings. The quantitative estimate of drug-likeness (QED) is 0.892. The largest absolute Gasteiger partial charge is 0.354 e. The summed E-state index contributed by atoms with van der Waals surface area (Å²) in [7, 11) is 0. The molecular weight excluding hydrogens is 257 g/mol. The van der Waals surface area contributed by atoms with Crippen LogP contribution >= 0.6 is 0 Å². The molecule has 2 atom stereocenters. The van der Waals surface area contributed by atoms with Gasteiger partial charge >= 0.3 is 0 Å². The Morgan fingerprint density at radius 1 is 1.45 bits per heavy atom. The number of hydrogen-bond donors (Lipinski definition) is 2. The van der Waals surface area contributed by atoms with Crippen LogP contribution in [-0.2, 0) is 6.42 Å². The van der Waals surface area contributed by atoms with E-state index in [4.69, 9.17) is 5.73 Å². The molecule has 3 N–H and O–H groups in total. The molecule has 0 amide bonds. The van der Waals surface area contributed by atoms with Gasteiger partial charge in [-0.1, -0.05) is 25.1 Å². The average Bonchev–Trinajstić information content (AvgIpc) is 2.83. The van der Waals surface area contributed by atoms with Gasteiger partial charge in [-0.05, 0) is 12.6 Å². The van der Waals surface area contributed by atoms with Crippen molar-refractivity contribution in [2.24, 2.45) is 11.7 Å². The topological polar surface area (TPSA) is 68.8 Å². The zero-order chi connectivity index (χ0) is 14.1. The Morgan fingerprint density at radius 2 is 2.25 bits per heavy atom. The third kappa shape index (κ3) is 2.16. The van der Waals surface area contributed by atoms with Crippen LogP contribution in [0.2, 0.25) is 0 Å². The van der Waals surface area contributed by atoms with Gasteiger partial charge in [0.2, 0.25) is 5.95 Å². The fraction of sp³-hybridized carbons (Fsp3) is 0.429. The third-order valence-corrected chi connectivity index (χ3v) is 3.65. The lowest BCUT2D eigenvalue weighted by Gasteiger charge is -2.30. The number of nitrogens with two attached hydrogens (primary N) is 1. The molecule has 2 heterocycles. The van der Waals surface area contributed by atoms with Crippen molar-refractivity contribution < 1.29 is 4.39 Å². The molecule has 1 aliphatic heterocycles. The SMILES string of the molecule is CC1CNc2nc(CCN)nn2C1c1ccccc1F. The molecule has 1 aromatic heterocycles. The maximum atomic E-state index is 14.1. The normalized spacial score (nSPS) is 21.4. The Kier molecular flexibility index (Phi) is 3.40. The number of aromatic nitrogens is 3. The predicted molar refractivity (Wildman–Crippen MR) is 75.0 cm³/mol. The van der Waals surface area contributed by atoms with Gasteiger partial charge in [0.15, 0.2) is 5.82 Å². The maximum Gasteiger partial charge on any atom is 0.222 e. The van der Waals surface area contributed by atoms with Crippen molar-refractivity contribution in [1.29, 1.82) is 0 Å². The number of nitrogens with zero attached hydrogens (tertiary/aromatic N) is 3. The van der Waals surface area contributed by atoms with Crippen molar-refractivity contribution >= 4 is 5.95 Å². The van der Waals surface area contributed by atoms with Crippen LogP contribution < -0.4 is 11.1 Å². The zero-order valence-electron chi connectivity index (χ0n) is 11.4. The lowest BCUT2D eigenvalue weighted by atomic mass is 9.93. The van der Waals surface area contributed by atoms with E-state index < -0.39 is 0 Å². The summed E-state index contributed by atoms with van der Waals surface area (Å²) in [5.41, 5.74) is 6.21. The van der Waals surface area contributed by atoms with E-state index in [1.54, 1.807) is 10.7 Å². The average molecular weight is 275 g/mol. The molecule has 1 aromatic carbocycles. The Morgan fingerprint density at radius 3 is 3.00 bits per heavy atom. The lowest BCUT2D eigenvalue weighted by Crippen LogP contribution is -2.32. The van der Waals surface area contributed by atoms with E-state index in [2.05, 4.69) is 22.3 Å². The smallest absolute Gasteiger partial charge is 0.222 e. The molecule has 0 aliphatic carbocycles. The van der Waals surface area contributed by atoms with Gasteiger partial charge in [0.1, 0.15) is 5.82 Å². The molecule has 2 unspecified atom stereocenters. The highest BCUT2D eigenvalue weighted by Gasteiger charge is 2.31. The van der Waals surface area contributed by atoms with Crippen molar-refractivity contribution in [3.8, 4) is 0 Å². The molecule has 5 nitrogen and oxygen atoms in total. The summed E-state index contributed by atoms with van der Waals surface area (Å²) in [4.78, 5) is 4.42. The van der Waals surface area contributed by atoms with E-state index in [9.17, 15) is 4.39 Å². The van der Waals surface area contributed by atoms with Gasteiger partial charge in [-0.15, -0.1) is 0 Å². The first-order chi connectivity index (χ1) is 9.70. The Labute approximate surface area is 117 Å². The second-order valence-corrected chi connectivity index (χ2v) is 5.16. The third-order valence-electron chi connectivity index (χ3n) is 3.65. The molecule has 0 radical (unpaired) electrons. The molecule has 0 fully saturated rings. The first kappa shape index (κ1) is 13.1. The monoisotopic (exact) mass is 275 g/mol.